The van der Waals surface area contributed by atoms with Crippen LogP contribution in [-0.4, -0.2) is 9.55 Å². The van der Waals surface area contributed by atoms with Crippen molar-refractivity contribution in [2.45, 2.75) is 26.3 Å². The molecule has 0 N–H and O–H groups in total. The SMILES string of the molecule is Cc1scc2c(=O)n3c(nc12)CCC3. The molecule has 2 aromatic rings. The zero-order valence-electron chi connectivity index (χ0n) is 7.91. The molecule has 0 aromatic carbocycles. The fourth-order valence-corrected chi connectivity index (χ4v) is 2.78. The maximum absolute atomic E-state index is 12.0. The summed E-state index contributed by atoms with van der Waals surface area (Å²) in [6.45, 7) is 2.86. The highest BCUT2D eigenvalue weighted by molar-refractivity contribution is 7.11. The van der Waals surface area contributed by atoms with Crippen molar-refractivity contribution in [2.75, 3.05) is 0 Å². The molecule has 1 aliphatic heterocycles. The highest BCUT2D eigenvalue weighted by Gasteiger charge is 2.17. The monoisotopic (exact) mass is 206 g/mol. The zero-order chi connectivity index (χ0) is 9.71. The number of fused-ring (bicyclic) bond motifs is 2. The van der Waals surface area contributed by atoms with Crippen molar-refractivity contribution in [1.82, 2.24) is 9.55 Å². The van der Waals surface area contributed by atoms with Crippen LogP contribution in [-0.2, 0) is 13.0 Å². The Morgan fingerprint density at radius 2 is 2.43 bits per heavy atom. The summed E-state index contributed by atoms with van der Waals surface area (Å²) in [6.07, 6.45) is 2.00. The van der Waals surface area contributed by atoms with E-state index in [1.165, 1.54) is 0 Å². The van der Waals surface area contributed by atoms with Gasteiger partial charge in [-0.3, -0.25) is 9.36 Å². The van der Waals surface area contributed by atoms with Crippen LogP contribution in [0.4, 0.5) is 0 Å². The molecule has 72 valence electrons. The normalized spacial score (nSPS) is 14.9. The van der Waals surface area contributed by atoms with Gasteiger partial charge in [-0.25, -0.2) is 4.98 Å². The van der Waals surface area contributed by atoms with Crippen molar-refractivity contribution in [3.8, 4) is 0 Å². The van der Waals surface area contributed by atoms with Crippen LogP contribution in [0.25, 0.3) is 10.9 Å². The van der Waals surface area contributed by atoms with Gasteiger partial charge in [-0.2, -0.15) is 0 Å². The first kappa shape index (κ1) is 8.17. The Morgan fingerprint density at radius 1 is 1.57 bits per heavy atom. The van der Waals surface area contributed by atoms with Crippen molar-refractivity contribution in [2.24, 2.45) is 0 Å². The van der Waals surface area contributed by atoms with Gasteiger partial charge < -0.3 is 0 Å². The predicted octanol–water partition coefficient (Wildman–Crippen LogP) is 1.71. The molecule has 0 unspecified atom stereocenters. The van der Waals surface area contributed by atoms with Crippen LogP contribution < -0.4 is 5.56 Å². The quantitative estimate of drug-likeness (QED) is 0.657. The molecular weight excluding hydrogens is 196 g/mol. The first-order valence-corrected chi connectivity index (χ1v) is 5.63. The second-order valence-corrected chi connectivity index (χ2v) is 4.73. The molecule has 0 bridgehead atoms. The fraction of sp³-hybridized carbons (Fsp3) is 0.400. The number of hydrogen-bond acceptors (Lipinski definition) is 3. The maximum Gasteiger partial charge on any atom is 0.262 e. The predicted molar refractivity (Wildman–Crippen MR) is 56.9 cm³/mol. The molecule has 0 radical (unpaired) electrons. The molecule has 0 saturated carbocycles. The fourth-order valence-electron chi connectivity index (χ4n) is 2.01. The summed E-state index contributed by atoms with van der Waals surface area (Å²) in [7, 11) is 0. The van der Waals surface area contributed by atoms with E-state index in [2.05, 4.69) is 4.98 Å². The van der Waals surface area contributed by atoms with Gasteiger partial charge in [0, 0.05) is 23.2 Å². The Bertz CT molecular complexity index is 567. The standard InChI is InChI=1S/C10H10N2OS/c1-6-9-7(5-14-6)10(13)12-4-2-3-8(12)11-9/h5H,2-4H2,1H3. The Kier molecular flexibility index (Phi) is 1.56. The minimum atomic E-state index is 0.145. The van der Waals surface area contributed by atoms with Crippen LogP contribution in [0.1, 0.15) is 17.1 Å². The molecule has 0 saturated heterocycles. The first-order valence-electron chi connectivity index (χ1n) is 4.75. The average molecular weight is 206 g/mol. The lowest BCUT2D eigenvalue weighted by atomic mass is 10.3. The maximum atomic E-state index is 12.0. The molecule has 1 aliphatic rings. The molecule has 0 spiro atoms. The molecule has 0 aliphatic carbocycles. The number of thiophene rings is 1. The van der Waals surface area contributed by atoms with E-state index in [0.717, 1.165) is 41.0 Å². The smallest absolute Gasteiger partial charge is 0.262 e. The van der Waals surface area contributed by atoms with Crippen molar-refractivity contribution in [3.63, 3.8) is 0 Å². The molecule has 2 aromatic heterocycles. The van der Waals surface area contributed by atoms with Crippen molar-refractivity contribution >= 4 is 22.2 Å². The zero-order valence-corrected chi connectivity index (χ0v) is 8.73. The first-order chi connectivity index (χ1) is 6.77. The van der Waals surface area contributed by atoms with Crippen LogP contribution >= 0.6 is 11.3 Å². The van der Waals surface area contributed by atoms with E-state index in [0.29, 0.717) is 0 Å². The van der Waals surface area contributed by atoms with Crippen LogP contribution in [0.3, 0.4) is 0 Å². The number of aryl methyl sites for hydroxylation is 2. The topological polar surface area (TPSA) is 34.9 Å². The minimum absolute atomic E-state index is 0.145. The van der Waals surface area contributed by atoms with Gasteiger partial charge >= 0.3 is 0 Å². The highest BCUT2D eigenvalue weighted by atomic mass is 32.1. The van der Waals surface area contributed by atoms with Crippen LogP contribution in [0, 0.1) is 6.92 Å². The van der Waals surface area contributed by atoms with E-state index in [1.54, 1.807) is 11.3 Å². The molecule has 0 atom stereocenters. The van der Waals surface area contributed by atoms with E-state index in [9.17, 15) is 4.79 Å². The van der Waals surface area contributed by atoms with Gasteiger partial charge in [0.15, 0.2) is 0 Å². The van der Waals surface area contributed by atoms with Gasteiger partial charge in [-0.1, -0.05) is 0 Å². The van der Waals surface area contributed by atoms with E-state index >= 15 is 0 Å². The number of nitrogens with zero attached hydrogens (tertiary/aromatic N) is 2. The lowest BCUT2D eigenvalue weighted by molar-refractivity contribution is 0.719. The molecule has 3 heterocycles. The summed E-state index contributed by atoms with van der Waals surface area (Å²) >= 11 is 1.61. The summed E-state index contributed by atoms with van der Waals surface area (Å²) in [4.78, 5) is 17.7. The molecule has 4 heteroatoms. The lowest BCUT2D eigenvalue weighted by Crippen LogP contribution is -2.20. The van der Waals surface area contributed by atoms with Crippen molar-refractivity contribution in [3.05, 3.63) is 26.4 Å². The molecular formula is C10H10N2OS. The van der Waals surface area contributed by atoms with E-state index in [-0.39, 0.29) is 5.56 Å². The molecule has 0 fully saturated rings. The summed E-state index contributed by atoms with van der Waals surface area (Å²) in [6, 6.07) is 0. The van der Waals surface area contributed by atoms with E-state index < -0.39 is 0 Å². The summed E-state index contributed by atoms with van der Waals surface area (Å²) in [5.74, 6) is 0.962. The van der Waals surface area contributed by atoms with Crippen LogP contribution in [0.2, 0.25) is 0 Å². The third kappa shape index (κ3) is 0.917. The number of rotatable bonds is 0. The van der Waals surface area contributed by atoms with E-state index in [1.807, 2.05) is 16.9 Å². The second kappa shape index (κ2) is 2.67. The van der Waals surface area contributed by atoms with Gasteiger partial charge in [0.25, 0.3) is 5.56 Å². The van der Waals surface area contributed by atoms with E-state index in [4.69, 9.17) is 0 Å². The third-order valence-electron chi connectivity index (χ3n) is 2.75. The summed E-state index contributed by atoms with van der Waals surface area (Å²) in [5.41, 5.74) is 1.06. The van der Waals surface area contributed by atoms with Gasteiger partial charge in [-0.15, -0.1) is 11.3 Å². The van der Waals surface area contributed by atoms with Crippen LogP contribution in [0.5, 0.6) is 0 Å². The Labute approximate surface area is 85.0 Å². The third-order valence-corrected chi connectivity index (χ3v) is 3.65. The molecule has 3 nitrogen and oxygen atoms in total. The average Bonchev–Trinajstić information content (AvgIpc) is 2.75. The highest BCUT2D eigenvalue weighted by Crippen LogP contribution is 2.22. The van der Waals surface area contributed by atoms with Gasteiger partial charge in [0.2, 0.25) is 0 Å². The van der Waals surface area contributed by atoms with Gasteiger partial charge in [-0.05, 0) is 13.3 Å². The van der Waals surface area contributed by atoms with Gasteiger partial charge in [0.05, 0.1) is 10.9 Å². The second-order valence-electron chi connectivity index (χ2n) is 3.64. The number of hydrogen-bond donors (Lipinski definition) is 0. The Balaban J connectivity index is 2.52. The Hall–Kier alpha value is -1.16. The van der Waals surface area contributed by atoms with Crippen molar-refractivity contribution < 1.29 is 0 Å². The van der Waals surface area contributed by atoms with Crippen LogP contribution in [0.15, 0.2) is 10.2 Å². The minimum Gasteiger partial charge on any atom is -0.296 e. The van der Waals surface area contributed by atoms with Crippen molar-refractivity contribution in [1.29, 1.82) is 0 Å². The molecule has 0 amide bonds. The molecule has 14 heavy (non-hydrogen) atoms. The summed E-state index contributed by atoms with van der Waals surface area (Å²) in [5, 5.41) is 2.71. The molecule has 3 rings (SSSR count). The van der Waals surface area contributed by atoms with Gasteiger partial charge in [0.1, 0.15) is 5.82 Å². The summed E-state index contributed by atoms with van der Waals surface area (Å²) < 4.78 is 1.81. The largest absolute Gasteiger partial charge is 0.296 e. The Morgan fingerprint density at radius 3 is 3.29 bits per heavy atom. The lowest BCUT2D eigenvalue weighted by Gasteiger charge is -2.01. The number of aromatic nitrogens is 2.